The SMILES string of the molecule is CCS(=O)CCCN1C(=O)CN=C(c2ccccc2)c2cc(Cl)ccc21. The minimum absolute atomic E-state index is 0.0539. The molecule has 0 spiro atoms. The fraction of sp³-hybridized carbons (Fsp3) is 0.300. The summed E-state index contributed by atoms with van der Waals surface area (Å²) in [6.45, 7) is 2.52. The molecular formula is C20H21ClN2O2S. The van der Waals surface area contributed by atoms with Crippen molar-refractivity contribution in [1.82, 2.24) is 0 Å². The second kappa shape index (κ2) is 8.60. The molecule has 1 atom stereocenters. The lowest BCUT2D eigenvalue weighted by Gasteiger charge is -2.23. The van der Waals surface area contributed by atoms with Gasteiger partial charge >= 0.3 is 0 Å². The standard InChI is InChI=1S/C20H21ClN2O2S/c1-2-26(25)12-6-11-23-18-10-9-16(21)13-17(18)20(22-14-19(23)24)15-7-4-3-5-8-15/h3-5,7-10,13H,2,6,11-12,14H2,1H3. The molecule has 0 aromatic heterocycles. The highest BCUT2D eigenvalue weighted by Gasteiger charge is 2.25. The molecule has 2 aromatic carbocycles. The lowest BCUT2D eigenvalue weighted by Crippen LogP contribution is -2.34. The van der Waals surface area contributed by atoms with Crippen molar-refractivity contribution < 1.29 is 9.00 Å². The summed E-state index contributed by atoms with van der Waals surface area (Å²) in [5.74, 6) is 1.18. The predicted molar refractivity (Wildman–Crippen MR) is 109 cm³/mol. The molecule has 0 bridgehead atoms. The van der Waals surface area contributed by atoms with Crippen LogP contribution in [0.2, 0.25) is 5.02 Å². The van der Waals surface area contributed by atoms with E-state index in [4.69, 9.17) is 11.6 Å². The van der Waals surface area contributed by atoms with Crippen molar-refractivity contribution in [1.29, 1.82) is 0 Å². The van der Waals surface area contributed by atoms with Crippen LogP contribution in [0.4, 0.5) is 5.69 Å². The smallest absolute Gasteiger partial charge is 0.248 e. The third kappa shape index (κ3) is 4.22. The van der Waals surface area contributed by atoms with Crippen LogP contribution in [-0.2, 0) is 15.6 Å². The number of benzene rings is 2. The maximum Gasteiger partial charge on any atom is 0.248 e. The summed E-state index contributed by atoms with van der Waals surface area (Å²) in [6, 6.07) is 15.3. The van der Waals surface area contributed by atoms with Crippen molar-refractivity contribution in [3.05, 3.63) is 64.7 Å². The van der Waals surface area contributed by atoms with Gasteiger partial charge in [0.05, 0.1) is 11.4 Å². The number of amides is 1. The molecule has 4 nitrogen and oxygen atoms in total. The molecular weight excluding hydrogens is 368 g/mol. The topological polar surface area (TPSA) is 49.7 Å². The van der Waals surface area contributed by atoms with Crippen LogP contribution >= 0.6 is 11.6 Å². The molecule has 1 unspecified atom stereocenters. The molecule has 6 heteroatoms. The highest BCUT2D eigenvalue weighted by Crippen LogP contribution is 2.29. The first-order valence-electron chi connectivity index (χ1n) is 8.65. The van der Waals surface area contributed by atoms with Gasteiger partial charge in [-0.05, 0) is 24.6 Å². The number of carbonyl (C=O) groups is 1. The van der Waals surface area contributed by atoms with Crippen LogP contribution in [0.3, 0.4) is 0 Å². The summed E-state index contributed by atoms with van der Waals surface area (Å²) in [5, 5.41) is 0.605. The molecule has 0 radical (unpaired) electrons. The Balaban J connectivity index is 1.97. The van der Waals surface area contributed by atoms with Crippen LogP contribution in [0.1, 0.15) is 24.5 Å². The van der Waals surface area contributed by atoms with Gasteiger partial charge in [0.2, 0.25) is 5.91 Å². The quantitative estimate of drug-likeness (QED) is 0.757. The van der Waals surface area contributed by atoms with Gasteiger partial charge in [-0.2, -0.15) is 0 Å². The monoisotopic (exact) mass is 388 g/mol. The van der Waals surface area contributed by atoms with Crippen LogP contribution in [0.15, 0.2) is 53.5 Å². The highest BCUT2D eigenvalue weighted by molar-refractivity contribution is 7.84. The predicted octanol–water partition coefficient (Wildman–Crippen LogP) is 3.68. The Kier molecular flexibility index (Phi) is 6.22. The molecule has 0 saturated carbocycles. The molecule has 0 N–H and O–H groups in total. The zero-order valence-electron chi connectivity index (χ0n) is 14.7. The number of nitrogens with zero attached hydrogens (tertiary/aromatic N) is 2. The molecule has 0 aliphatic carbocycles. The average molecular weight is 389 g/mol. The number of aliphatic imine (C=N–C) groups is 1. The van der Waals surface area contributed by atoms with Crippen molar-refractivity contribution in [2.75, 3.05) is 29.5 Å². The number of hydrogen-bond acceptors (Lipinski definition) is 3. The Bertz CT molecular complexity index is 852. The summed E-state index contributed by atoms with van der Waals surface area (Å²) in [4.78, 5) is 19.0. The zero-order chi connectivity index (χ0) is 18.5. The maximum atomic E-state index is 12.7. The van der Waals surface area contributed by atoms with E-state index in [1.807, 2.05) is 49.4 Å². The minimum Gasteiger partial charge on any atom is -0.310 e. The summed E-state index contributed by atoms with van der Waals surface area (Å²) in [6.07, 6.45) is 0.689. The molecule has 1 aliphatic rings. The maximum absolute atomic E-state index is 12.7. The van der Waals surface area contributed by atoms with Gasteiger partial charge in [0, 0.05) is 45.0 Å². The Morgan fingerprint density at radius 2 is 1.96 bits per heavy atom. The molecule has 2 aromatic rings. The number of anilines is 1. The van der Waals surface area contributed by atoms with Gasteiger partial charge in [0.25, 0.3) is 0 Å². The first-order chi connectivity index (χ1) is 12.6. The Labute approximate surface area is 161 Å². The van der Waals surface area contributed by atoms with Crippen molar-refractivity contribution in [3.8, 4) is 0 Å². The zero-order valence-corrected chi connectivity index (χ0v) is 16.2. The second-order valence-corrected chi connectivity index (χ2v) is 8.33. The Morgan fingerprint density at radius 3 is 2.69 bits per heavy atom. The van der Waals surface area contributed by atoms with Crippen LogP contribution in [0.5, 0.6) is 0 Å². The van der Waals surface area contributed by atoms with Crippen LogP contribution in [0, 0.1) is 0 Å². The Morgan fingerprint density at radius 1 is 1.19 bits per heavy atom. The van der Waals surface area contributed by atoms with Crippen molar-refractivity contribution >= 4 is 39.7 Å². The summed E-state index contributed by atoms with van der Waals surface area (Å²) >= 11 is 6.23. The number of hydrogen-bond donors (Lipinski definition) is 0. The summed E-state index contributed by atoms with van der Waals surface area (Å²) in [7, 11) is -0.833. The average Bonchev–Trinajstić information content (AvgIpc) is 2.79. The minimum atomic E-state index is -0.833. The van der Waals surface area contributed by atoms with Crippen molar-refractivity contribution in [2.45, 2.75) is 13.3 Å². The summed E-state index contributed by atoms with van der Waals surface area (Å²) in [5.41, 5.74) is 3.39. The third-order valence-electron chi connectivity index (χ3n) is 4.30. The molecule has 0 fully saturated rings. The van der Waals surface area contributed by atoms with E-state index in [-0.39, 0.29) is 12.5 Å². The fourth-order valence-corrected chi connectivity index (χ4v) is 3.91. The van der Waals surface area contributed by atoms with E-state index in [0.29, 0.717) is 29.5 Å². The van der Waals surface area contributed by atoms with Gasteiger partial charge in [-0.3, -0.25) is 14.0 Å². The van der Waals surface area contributed by atoms with Gasteiger partial charge in [0.1, 0.15) is 6.54 Å². The van der Waals surface area contributed by atoms with Crippen molar-refractivity contribution in [2.24, 2.45) is 4.99 Å². The number of benzodiazepines with no additional fused rings is 1. The third-order valence-corrected chi connectivity index (χ3v) is 5.92. The summed E-state index contributed by atoms with van der Waals surface area (Å²) < 4.78 is 11.7. The van der Waals surface area contributed by atoms with E-state index in [9.17, 15) is 9.00 Å². The van der Waals surface area contributed by atoms with Gasteiger partial charge in [0.15, 0.2) is 0 Å². The van der Waals surface area contributed by atoms with Gasteiger partial charge in [-0.25, -0.2) is 0 Å². The normalized spacial score (nSPS) is 15.2. The van der Waals surface area contributed by atoms with Crippen LogP contribution < -0.4 is 4.90 Å². The van der Waals surface area contributed by atoms with E-state index < -0.39 is 10.8 Å². The molecule has 1 aliphatic heterocycles. The number of rotatable bonds is 6. The molecule has 26 heavy (non-hydrogen) atoms. The number of fused-ring (bicyclic) bond motifs is 1. The van der Waals surface area contributed by atoms with E-state index in [1.54, 1.807) is 11.0 Å². The molecule has 1 heterocycles. The van der Waals surface area contributed by atoms with E-state index in [0.717, 1.165) is 22.5 Å². The van der Waals surface area contributed by atoms with Crippen LogP contribution in [-0.4, -0.2) is 40.4 Å². The van der Waals surface area contributed by atoms with E-state index in [1.165, 1.54) is 0 Å². The molecule has 3 rings (SSSR count). The van der Waals surface area contributed by atoms with Crippen molar-refractivity contribution in [3.63, 3.8) is 0 Å². The first-order valence-corrected chi connectivity index (χ1v) is 10.5. The lowest BCUT2D eigenvalue weighted by molar-refractivity contribution is -0.117. The largest absolute Gasteiger partial charge is 0.310 e. The van der Waals surface area contributed by atoms with Crippen LogP contribution in [0.25, 0.3) is 0 Å². The second-order valence-electron chi connectivity index (χ2n) is 6.02. The number of halogens is 1. The van der Waals surface area contributed by atoms with Gasteiger partial charge in [-0.15, -0.1) is 0 Å². The number of carbonyl (C=O) groups excluding carboxylic acids is 1. The molecule has 0 saturated heterocycles. The molecule has 136 valence electrons. The Hall–Kier alpha value is -1.98. The lowest BCUT2D eigenvalue weighted by atomic mass is 10.00. The van der Waals surface area contributed by atoms with Gasteiger partial charge < -0.3 is 4.90 Å². The molecule has 1 amide bonds. The highest BCUT2D eigenvalue weighted by atomic mass is 35.5. The first kappa shape index (κ1) is 18.8. The van der Waals surface area contributed by atoms with Gasteiger partial charge in [-0.1, -0.05) is 48.9 Å². The van der Waals surface area contributed by atoms with E-state index in [2.05, 4.69) is 4.99 Å². The fourth-order valence-electron chi connectivity index (χ4n) is 3.00. The van der Waals surface area contributed by atoms with E-state index >= 15 is 0 Å².